The summed E-state index contributed by atoms with van der Waals surface area (Å²) in [5.74, 6) is 0.700. The molecule has 1 aromatic carbocycles. The minimum atomic E-state index is -0.325. The van der Waals surface area contributed by atoms with E-state index in [9.17, 15) is 10.1 Å². The van der Waals surface area contributed by atoms with E-state index >= 15 is 0 Å². The van der Waals surface area contributed by atoms with Gasteiger partial charge in [-0.15, -0.1) is 0 Å². The average Bonchev–Trinajstić information content (AvgIpc) is 2.16. The lowest BCUT2D eigenvalue weighted by molar-refractivity contribution is -0.479. The van der Waals surface area contributed by atoms with Crippen molar-refractivity contribution in [2.24, 2.45) is 0 Å². The molecule has 0 amide bonds. The number of benzene rings is 1. The van der Waals surface area contributed by atoms with Crippen LogP contribution in [0, 0.1) is 10.1 Å². The van der Waals surface area contributed by atoms with Crippen LogP contribution in [0.25, 0.3) is 0 Å². The first-order chi connectivity index (χ1) is 6.63. The fourth-order valence-electron chi connectivity index (χ4n) is 1.08. The summed E-state index contributed by atoms with van der Waals surface area (Å²) in [5, 5.41) is 10.2. The maximum Gasteiger partial charge on any atom is 0.207 e. The molecule has 0 N–H and O–H groups in total. The standard InChI is InChI=1S/C9H10BrNO3/c1-14-9-6-7(2-3-8(9)10)4-5-11(12)13/h2-3,6H,4-5H2,1H3. The van der Waals surface area contributed by atoms with Gasteiger partial charge < -0.3 is 4.74 Å². The van der Waals surface area contributed by atoms with Crippen LogP contribution in [-0.4, -0.2) is 18.6 Å². The number of hydrogen-bond acceptors (Lipinski definition) is 3. The van der Waals surface area contributed by atoms with E-state index in [0.29, 0.717) is 12.2 Å². The molecule has 5 heteroatoms. The highest BCUT2D eigenvalue weighted by Gasteiger charge is 2.04. The number of nitro groups is 1. The molecule has 1 rings (SSSR count). The maximum atomic E-state index is 10.2. The molecule has 4 nitrogen and oxygen atoms in total. The van der Waals surface area contributed by atoms with E-state index in [0.717, 1.165) is 10.0 Å². The number of ether oxygens (including phenoxy) is 1. The molecule has 0 aliphatic rings. The van der Waals surface area contributed by atoms with Gasteiger partial charge in [0.05, 0.1) is 11.6 Å². The van der Waals surface area contributed by atoms with Crippen molar-refractivity contribution in [3.63, 3.8) is 0 Å². The number of halogens is 1. The monoisotopic (exact) mass is 259 g/mol. The van der Waals surface area contributed by atoms with Crippen molar-refractivity contribution in [2.75, 3.05) is 13.7 Å². The van der Waals surface area contributed by atoms with Crippen molar-refractivity contribution >= 4 is 15.9 Å². The van der Waals surface area contributed by atoms with Crippen LogP contribution in [0.3, 0.4) is 0 Å². The summed E-state index contributed by atoms with van der Waals surface area (Å²) in [6, 6.07) is 5.47. The van der Waals surface area contributed by atoms with Crippen LogP contribution >= 0.6 is 15.9 Å². The molecule has 76 valence electrons. The van der Waals surface area contributed by atoms with E-state index < -0.39 is 0 Å². The molecule has 14 heavy (non-hydrogen) atoms. The van der Waals surface area contributed by atoms with Crippen LogP contribution < -0.4 is 4.74 Å². The molecule has 1 aromatic rings. The van der Waals surface area contributed by atoms with E-state index in [1.54, 1.807) is 13.2 Å². The van der Waals surface area contributed by atoms with Gasteiger partial charge in [-0.05, 0) is 33.6 Å². The van der Waals surface area contributed by atoms with Gasteiger partial charge in [0, 0.05) is 11.3 Å². The maximum absolute atomic E-state index is 10.2. The Morgan fingerprint density at radius 2 is 2.29 bits per heavy atom. The molecule has 0 aromatic heterocycles. The lowest BCUT2D eigenvalue weighted by Crippen LogP contribution is -2.04. The van der Waals surface area contributed by atoms with Gasteiger partial charge in [-0.1, -0.05) is 6.07 Å². The van der Waals surface area contributed by atoms with Crippen molar-refractivity contribution in [2.45, 2.75) is 6.42 Å². The van der Waals surface area contributed by atoms with E-state index in [-0.39, 0.29) is 11.5 Å². The smallest absolute Gasteiger partial charge is 0.207 e. The second-order valence-electron chi connectivity index (χ2n) is 2.78. The zero-order chi connectivity index (χ0) is 10.6. The second-order valence-corrected chi connectivity index (χ2v) is 3.63. The zero-order valence-corrected chi connectivity index (χ0v) is 9.28. The summed E-state index contributed by atoms with van der Waals surface area (Å²) in [6.45, 7) is -0.0508. The number of hydrogen-bond donors (Lipinski definition) is 0. The Balaban J connectivity index is 2.74. The molecule has 0 atom stereocenters. The Kier molecular flexibility index (Phi) is 3.88. The third-order valence-corrected chi connectivity index (χ3v) is 2.45. The average molecular weight is 260 g/mol. The van der Waals surface area contributed by atoms with Gasteiger partial charge in [0.1, 0.15) is 5.75 Å². The molecule has 0 radical (unpaired) electrons. The minimum absolute atomic E-state index is 0.0508. The Morgan fingerprint density at radius 3 is 2.86 bits per heavy atom. The number of rotatable bonds is 4. The highest BCUT2D eigenvalue weighted by molar-refractivity contribution is 9.10. The molecule has 0 spiro atoms. The topological polar surface area (TPSA) is 52.4 Å². The van der Waals surface area contributed by atoms with Crippen LogP contribution in [0.15, 0.2) is 22.7 Å². The Hall–Kier alpha value is -1.10. The summed E-state index contributed by atoms with van der Waals surface area (Å²) in [4.78, 5) is 9.83. The van der Waals surface area contributed by atoms with Gasteiger partial charge in [-0.2, -0.15) is 0 Å². The summed E-state index contributed by atoms with van der Waals surface area (Å²) in [5.41, 5.74) is 0.904. The highest BCUT2D eigenvalue weighted by atomic mass is 79.9. The Bertz CT molecular complexity index is 341. The van der Waals surface area contributed by atoms with E-state index in [1.165, 1.54) is 0 Å². The predicted octanol–water partition coefficient (Wildman–Crippen LogP) is 2.28. The predicted molar refractivity (Wildman–Crippen MR) is 56.3 cm³/mol. The van der Waals surface area contributed by atoms with Gasteiger partial charge >= 0.3 is 0 Å². The summed E-state index contributed by atoms with van der Waals surface area (Å²) in [7, 11) is 1.57. The Morgan fingerprint density at radius 1 is 1.57 bits per heavy atom. The van der Waals surface area contributed by atoms with Crippen molar-refractivity contribution in [3.05, 3.63) is 38.3 Å². The van der Waals surface area contributed by atoms with Crippen LogP contribution in [0.2, 0.25) is 0 Å². The SMILES string of the molecule is COc1cc(CC[N+](=O)[O-])ccc1Br. The molecular formula is C9H10BrNO3. The zero-order valence-electron chi connectivity index (χ0n) is 7.70. The first-order valence-electron chi connectivity index (χ1n) is 4.07. The minimum Gasteiger partial charge on any atom is -0.496 e. The van der Waals surface area contributed by atoms with Crippen LogP contribution in [0.1, 0.15) is 5.56 Å². The molecule has 0 aliphatic carbocycles. The lowest BCUT2D eigenvalue weighted by Gasteiger charge is -2.04. The highest BCUT2D eigenvalue weighted by Crippen LogP contribution is 2.25. The first kappa shape index (κ1) is 11.0. The van der Waals surface area contributed by atoms with E-state index in [2.05, 4.69) is 15.9 Å². The molecule has 0 fully saturated rings. The normalized spacial score (nSPS) is 9.86. The van der Waals surface area contributed by atoms with Gasteiger partial charge in [-0.3, -0.25) is 10.1 Å². The largest absolute Gasteiger partial charge is 0.496 e. The van der Waals surface area contributed by atoms with Crippen LogP contribution in [0.4, 0.5) is 0 Å². The summed E-state index contributed by atoms with van der Waals surface area (Å²) < 4.78 is 5.93. The fourth-order valence-corrected chi connectivity index (χ4v) is 1.49. The fraction of sp³-hybridized carbons (Fsp3) is 0.333. The molecule has 0 aliphatic heterocycles. The van der Waals surface area contributed by atoms with Gasteiger partial charge in [-0.25, -0.2) is 0 Å². The van der Waals surface area contributed by atoms with Crippen LogP contribution in [-0.2, 0) is 6.42 Å². The lowest BCUT2D eigenvalue weighted by atomic mass is 10.1. The first-order valence-corrected chi connectivity index (χ1v) is 4.87. The van der Waals surface area contributed by atoms with Crippen molar-refractivity contribution in [3.8, 4) is 5.75 Å². The molecule has 0 saturated heterocycles. The number of methoxy groups -OCH3 is 1. The van der Waals surface area contributed by atoms with Gasteiger partial charge in [0.2, 0.25) is 6.54 Å². The molecule has 0 bridgehead atoms. The van der Waals surface area contributed by atoms with Gasteiger partial charge in [0.25, 0.3) is 0 Å². The van der Waals surface area contributed by atoms with Crippen molar-refractivity contribution in [1.29, 1.82) is 0 Å². The van der Waals surface area contributed by atoms with Crippen molar-refractivity contribution < 1.29 is 9.66 Å². The summed E-state index contributed by atoms with van der Waals surface area (Å²) >= 11 is 3.31. The third-order valence-electron chi connectivity index (χ3n) is 1.80. The molecule has 0 heterocycles. The molecular weight excluding hydrogens is 250 g/mol. The van der Waals surface area contributed by atoms with Gasteiger partial charge in [0.15, 0.2) is 0 Å². The number of nitrogens with zero attached hydrogens (tertiary/aromatic N) is 1. The van der Waals surface area contributed by atoms with Crippen molar-refractivity contribution in [1.82, 2.24) is 0 Å². The third kappa shape index (κ3) is 2.99. The molecule has 0 unspecified atom stereocenters. The van der Waals surface area contributed by atoms with E-state index in [1.807, 2.05) is 12.1 Å². The van der Waals surface area contributed by atoms with E-state index in [4.69, 9.17) is 4.74 Å². The second kappa shape index (κ2) is 4.95. The Labute approximate surface area is 90.2 Å². The summed E-state index contributed by atoms with van der Waals surface area (Å²) in [6.07, 6.45) is 0.427. The van der Waals surface area contributed by atoms with Crippen LogP contribution in [0.5, 0.6) is 5.75 Å². The molecule has 0 saturated carbocycles. The quantitative estimate of drug-likeness (QED) is 0.616.